The Bertz CT molecular complexity index is 1030. The summed E-state index contributed by atoms with van der Waals surface area (Å²) < 4.78 is 6.20. The van der Waals surface area contributed by atoms with Gasteiger partial charge in [0.2, 0.25) is 11.9 Å². The summed E-state index contributed by atoms with van der Waals surface area (Å²) >= 11 is 0. The van der Waals surface area contributed by atoms with Crippen LogP contribution in [-0.2, 0) is 14.4 Å². The Morgan fingerprint density at radius 3 is 2.50 bits per heavy atom. The Morgan fingerprint density at radius 2 is 1.93 bits per heavy atom. The van der Waals surface area contributed by atoms with Gasteiger partial charge in [0.25, 0.3) is 0 Å². The highest BCUT2D eigenvalue weighted by atomic mass is 16.7. The number of fused-ring (bicyclic) bond motifs is 2. The van der Waals surface area contributed by atoms with Crippen LogP contribution in [0, 0.1) is 57.0 Å². The SMILES string of the molecule is COC1C(CN2O[C@@H](CO)[C@H]([C@H](C)O)[C@H]2C(=O)N[C@H]2C[C@H]3C[C@@H]([C@@H]2C)C3(C)C)CCCC1C1CC(N(C)C)CC([N+](=O)[O-])C1. The van der Waals surface area contributed by atoms with Gasteiger partial charge in [-0.05, 0) is 88.1 Å². The maximum atomic E-state index is 14.1. The molecule has 2 bridgehead atoms. The molecule has 11 nitrogen and oxygen atoms in total. The summed E-state index contributed by atoms with van der Waals surface area (Å²) in [6, 6.07) is -1.03. The maximum Gasteiger partial charge on any atom is 0.240 e. The number of amides is 1. The normalized spacial score (nSPS) is 44.6. The van der Waals surface area contributed by atoms with Crippen molar-refractivity contribution < 1.29 is 29.5 Å². The summed E-state index contributed by atoms with van der Waals surface area (Å²) in [5, 5.41) is 38.1. The summed E-state index contributed by atoms with van der Waals surface area (Å²) in [6.45, 7) is 8.76. The molecule has 3 N–H and O–H groups in total. The van der Waals surface area contributed by atoms with Crippen molar-refractivity contribution in [3.63, 3.8) is 0 Å². The highest BCUT2D eigenvalue weighted by Crippen LogP contribution is 2.61. The van der Waals surface area contributed by atoms with E-state index in [-0.39, 0.29) is 53.4 Å². The Balaban J connectivity index is 1.33. The highest BCUT2D eigenvalue weighted by molar-refractivity contribution is 5.82. The van der Waals surface area contributed by atoms with Gasteiger partial charge in [-0.15, -0.1) is 0 Å². The van der Waals surface area contributed by atoms with Gasteiger partial charge in [-0.2, -0.15) is 5.06 Å². The Labute approximate surface area is 263 Å². The second-order valence-electron chi connectivity index (χ2n) is 15.8. The second kappa shape index (κ2) is 13.4. The zero-order chi connectivity index (χ0) is 32.1. The number of carbonyl (C=O) groups excluding carboxylic acids is 1. The van der Waals surface area contributed by atoms with E-state index in [0.717, 1.165) is 32.1 Å². The van der Waals surface area contributed by atoms with E-state index < -0.39 is 30.2 Å². The van der Waals surface area contributed by atoms with E-state index in [2.05, 4.69) is 31.0 Å². The molecule has 1 amide bonds. The van der Waals surface area contributed by atoms with E-state index in [1.165, 1.54) is 6.42 Å². The molecule has 1 aliphatic heterocycles. The lowest BCUT2D eigenvalue weighted by Crippen LogP contribution is -2.62. The van der Waals surface area contributed by atoms with Crippen molar-refractivity contribution in [1.82, 2.24) is 15.3 Å². The van der Waals surface area contributed by atoms with Crippen LogP contribution in [0.25, 0.3) is 0 Å². The zero-order valence-corrected chi connectivity index (χ0v) is 27.9. The molecule has 1 heterocycles. The summed E-state index contributed by atoms with van der Waals surface area (Å²) in [7, 11) is 5.74. The first-order chi connectivity index (χ1) is 20.8. The van der Waals surface area contributed by atoms with Crippen molar-refractivity contribution in [2.45, 2.75) is 122 Å². The monoisotopic (exact) mass is 622 g/mol. The number of rotatable bonds is 10. The number of aliphatic hydroxyl groups is 2. The number of nitro groups is 1. The number of aliphatic hydroxyl groups excluding tert-OH is 2. The van der Waals surface area contributed by atoms with Crippen LogP contribution in [0.4, 0.5) is 0 Å². The van der Waals surface area contributed by atoms with Crippen molar-refractivity contribution >= 4 is 5.91 Å². The fourth-order valence-electron chi connectivity index (χ4n) is 10.3. The van der Waals surface area contributed by atoms with Crippen molar-refractivity contribution in [3.8, 4) is 0 Å². The Kier molecular flexibility index (Phi) is 10.3. The first-order valence-corrected chi connectivity index (χ1v) is 17.1. The fourth-order valence-corrected chi connectivity index (χ4v) is 10.3. The van der Waals surface area contributed by atoms with Crippen LogP contribution in [0.15, 0.2) is 0 Å². The molecule has 6 rings (SSSR count). The third-order valence-electron chi connectivity index (χ3n) is 13.1. The predicted octanol–water partition coefficient (Wildman–Crippen LogP) is 2.95. The van der Waals surface area contributed by atoms with E-state index >= 15 is 0 Å². The molecule has 0 aromatic carbocycles. The van der Waals surface area contributed by atoms with Crippen molar-refractivity contribution in [2.24, 2.45) is 46.8 Å². The smallest absolute Gasteiger partial charge is 0.240 e. The number of hydrogen-bond acceptors (Lipinski definition) is 9. The van der Waals surface area contributed by atoms with Crippen molar-refractivity contribution in [3.05, 3.63) is 10.1 Å². The van der Waals surface area contributed by atoms with Crippen LogP contribution in [0.2, 0.25) is 0 Å². The number of hydroxylamine groups is 2. The topological polar surface area (TPSA) is 138 Å². The van der Waals surface area contributed by atoms with E-state index in [4.69, 9.17) is 9.57 Å². The highest BCUT2D eigenvalue weighted by Gasteiger charge is 2.58. The molecule has 1 saturated heterocycles. The van der Waals surface area contributed by atoms with Crippen LogP contribution in [-0.4, -0.2) is 108 Å². The maximum absolute atomic E-state index is 14.1. The molecule has 44 heavy (non-hydrogen) atoms. The van der Waals surface area contributed by atoms with E-state index in [1.807, 2.05) is 14.1 Å². The number of ether oxygens (including phenoxy) is 1. The molecule has 11 heteroatoms. The van der Waals surface area contributed by atoms with Crippen LogP contribution < -0.4 is 5.32 Å². The van der Waals surface area contributed by atoms with Crippen LogP contribution in [0.5, 0.6) is 0 Å². The standard InChI is InChI=1S/C33H58N4O7/c1-18-26-13-22(33(26,3)4)14-27(18)34-32(40)30-29(19(2)39)28(17-38)44-36(30)16-20-9-8-10-25(31(20)43-7)21-11-23(35(5)6)15-24(12-21)37(41)42/h18-31,38-39H,8-17H2,1-7H3,(H,34,40)/t18-,19-,20?,21?,22+,23?,24?,25?,26-,27-,28-,29-,30-,31?/m0/s1. The molecule has 14 atom stereocenters. The number of methoxy groups -OCH3 is 1. The number of nitrogens with one attached hydrogen (secondary N) is 1. The molecule has 0 spiro atoms. The third kappa shape index (κ3) is 6.30. The molecule has 0 radical (unpaired) electrons. The average Bonchev–Trinajstić information content (AvgIpc) is 3.36. The molecular formula is C33H58N4O7. The Hall–Kier alpha value is -1.37. The molecule has 0 aromatic rings. The molecular weight excluding hydrogens is 564 g/mol. The molecule has 5 saturated carbocycles. The van der Waals surface area contributed by atoms with Gasteiger partial charge in [-0.25, -0.2) is 0 Å². The largest absolute Gasteiger partial charge is 0.394 e. The molecule has 6 aliphatic rings. The van der Waals surface area contributed by atoms with Gasteiger partial charge in [0.1, 0.15) is 12.1 Å². The summed E-state index contributed by atoms with van der Waals surface area (Å²) in [5.41, 5.74) is 0.310. The lowest BCUT2D eigenvalue weighted by Gasteiger charge is -2.62. The average molecular weight is 623 g/mol. The van der Waals surface area contributed by atoms with E-state index in [0.29, 0.717) is 42.6 Å². The van der Waals surface area contributed by atoms with Crippen LogP contribution >= 0.6 is 0 Å². The van der Waals surface area contributed by atoms with Gasteiger partial charge in [0.05, 0.1) is 18.8 Å². The first-order valence-electron chi connectivity index (χ1n) is 17.1. The minimum Gasteiger partial charge on any atom is -0.394 e. The van der Waals surface area contributed by atoms with Crippen LogP contribution in [0.1, 0.15) is 79.1 Å². The van der Waals surface area contributed by atoms with Gasteiger partial charge in [-0.1, -0.05) is 27.2 Å². The van der Waals surface area contributed by atoms with Gasteiger partial charge in [0.15, 0.2) is 0 Å². The first kappa shape index (κ1) is 34.0. The fraction of sp³-hybridized carbons (Fsp3) is 0.970. The van der Waals surface area contributed by atoms with E-state index in [1.54, 1.807) is 19.1 Å². The lowest BCUT2D eigenvalue weighted by atomic mass is 9.45. The van der Waals surface area contributed by atoms with Crippen LogP contribution in [0.3, 0.4) is 0 Å². The van der Waals surface area contributed by atoms with Gasteiger partial charge in [0, 0.05) is 55.3 Å². The minimum absolute atomic E-state index is 0.0528. The Morgan fingerprint density at radius 1 is 1.20 bits per heavy atom. The summed E-state index contributed by atoms with van der Waals surface area (Å²) in [4.78, 5) is 34.3. The van der Waals surface area contributed by atoms with Crippen molar-refractivity contribution in [2.75, 3.05) is 34.4 Å². The van der Waals surface area contributed by atoms with Gasteiger partial charge < -0.3 is 25.2 Å². The van der Waals surface area contributed by atoms with Crippen molar-refractivity contribution in [1.29, 1.82) is 0 Å². The molecule has 252 valence electrons. The minimum atomic E-state index is -0.842. The molecule has 0 aromatic heterocycles. The predicted molar refractivity (Wildman–Crippen MR) is 166 cm³/mol. The quantitative estimate of drug-likeness (QED) is 0.248. The second-order valence-corrected chi connectivity index (χ2v) is 15.8. The number of hydrogen-bond donors (Lipinski definition) is 3. The lowest BCUT2D eigenvalue weighted by molar-refractivity contribution is -0.529. The van der Waals surface area contributed by atoms with E-state index in [9.17, 15) is 25.1 Å². The number of nitrogens with zero attached hydrogens (tertiary/aromatic N) is 3. The number of carbonyl (C=O) groups is 1. The van der Waals surface area contributed by atoms with Gasteiger partial charge >= 0.3 is 0 Å². The van der Waals surface area contributed by atoms with Gasteiger partial charge in [-0.3, -0.25) is 19.7 Å². The zero-order valence-electron chi connectivity index (χ0n) is 27.9. The molecule has 6 fully saturated rings. The molecule has 5 aliphatic carbocycles. The molecule has 6 unspecified atom stereocenters. The third-order valence-corrected chi connectivity index (χ3v) is 13.1. The summed E-state index contributed by atoms with van der Waals surface area (Å²) in [6.07, 6.45) is 5.43. The summed E-state index contributed by atoms with van der Waals surface area (Å²) in [5.74, 6) is 1.26.